The van der Waals surface area contributed by atoms with Crippen LogP contribution in [0.3, 0.4) is 0 Å². The Balaban J connectivity index is 2.24. The van der Waals surface area contributed by atoms with E-state index >= 15 is 0 Å². The highest BCUT2D eigenvalue weighted by Gasteiger charge is 2.39. The number of carboxylic acids is 1. The van der Waals surface area contributed by atoms with Gasteiger partial charge in [0.1, 0.15) is 0 Å². The van der Waals surface area contributed by atoms with Crippen LogP contribution in [0, 0.1) is 5.41 Å². The lowest BCUT2D eigenvalue weighted by molar-refractivity contribution is -0.141. The Labute approximate surface area is 109 Å². The van der Waals surface area contributed by atoms with Gasteiger partial charge in [-0.3, -0.25) is 9.00 Å². The summed E-state index contributed by atoms with van der Waals surface area (Å²) in [6, 6.07) is -0.322. The molecule has 6 nitrogen and oxygen atoms in total. The molecule has 0 aromatic heterocycles. The average molecular weight is 276 g/mol. The molecule has 0 heterocycles. The Morgan fingerprint density at radius 2 is 2.00 bits per heavy atom. The topological polar surface area (TPSA) is 95.5 Å². The Morgan fingerprint density at radius 1 is 1.33 bits per heavy atom. The summed E-state index contributed by atoms with van der Waals surface area (Å²) in [4.78, 5) is 22.2. The number of aliphatic carboxylic acids is 1. The zero-order valence-corrected chi connectivity index (χ0v) is 11.3. The summed E-state index contributed by atoms with van der Waals surface area (Å²) in [5, 5.41) is 14.1. The first-order valence-corrected chi connectivity index (χ1v) is 7.70. The average Bonchev–Trinajstić information content (AvgIpc) is 2.20. The summed E-state index contributed by atoms with van der Waals surface area (Å²) >= 11 is 0. The molecule has 0 saturated heterocycles. The normalized spacial score (nSPS) is 18.5. The van der Waals surface area contributed by atoms with Crippen LogP contribution in [0.2, 0.25) is 0 Å². The van der Waals surface area contributed by atoms with Gasteiger partial charge in [-0.25, -0.2) is 4.79 Å². The minimum atomic E-state index is -0.921. The van der Waals surface area contributed by atoms with Gasteiger partial charge in [-0.15, -0.1) is 0 Å². The fraction of sp³-hybridized carbons (Fsp3) is 0.818. The van der Waals surface area contributed by atoms with Crippen molar-refractivity contribution < 1.29 is 18.9 Å². The van der Waals surface area contributed by atoms with E-state index in [-0.39, 0.29) is 17.9 Å². The summed E-state index contributed by atoms with van der Waals surface area (Å²) < 4.78 is 10.8. The number of carbonyl (C=O) groups is 2. The maximum absolute atomic E-state index is 11.4. The van der Waals surface area contributed by atoms with E-state index in [1.807, 2.05) is 0 Å². The van der Waals surface area contributed by atoms with Crippen molar-refractivity contribution in [2.45, 2.75) is 25.7 Å². The molecule has 0 aliphatic heterocycles. The first-order valence-electron chi connectivity index (χ1n) is 5.97. The van der Waals surface area contributed by atoms with Crippen LogP contribution in [0.25, 0.3) is 0 Å². The highest BCUT2D eigenvalue weighted by atomic mass is 32.2. The SMILES string of the molecule is CS(=O)CCNC(=O)NCC1(CC(=O)O)CCC1. The fourth-order valence-corrected chi connectivity index (χ4v) is 2.44. The third kappa shape index (κ3) is 5.03. The number of urea groups is 1. The number of carboxylic acid groups (broad SMARTS) is 1. The second-order valence-corrected chi connectivity index (χ2v) is 6.37. The van der Waals surface area contributed by atoms with Gasteiger partial charge in [0.15, 0.2) is 0 Å². The summed E-state index contributed by atoms with van der Waals surface area (Å²) in [5.74, 6) is -0.397. The molecule has 0 radical (unpaired) electrons. The van der Waals surface area contributed by atoms with Gasteiger partial charge >= 0.3 is 12.0 Å². The van der Waals surface area contributed by atoms with Crippen LogP contribution in [0.5, 0.6) is 0 Å². The van der Waals surface area contributed by atoms with Crippen molar-refractivity contribution in [1.82, 2.24) is 10.6 Å². The predicted octanol–water partition coefficient (Wildman–Crippen LogP) is 0.309. The first kappa shape index (κ1) is 14.9. The van der Waals surface area contributed by atoms with E-state index in [2.05, 4.69) is 10.6 Å². The Bertz CT molecular complexity index is 342. The number of amides is 2. The second-order valence-electron chi connectivity index (χ2n) is 4.81. The highest BCUT2D eigenvalue weighted by Crippen LogP contribution is 2.43. The molecule has 1 saturated carbocycles. The molecule has 1 atom stereocenters. The summed E-state index contributed by atoms with van der Waals surface area (Å²) in [7, 11) is -0.921. The molecule has 104 valence electrons. The molecule has 1 unspecified atom stereocenters. The Kier molecular flexibility index (Phi) is 5.58. The number of hydrogen-bond acceptors (Lipinski definition) is 3. The number of nitrogens with one attached hydrogen (secondary N) is 2. The quantitative estimate of drug-likeness (QED) is 0.623. The molecular weight excluding hydrogens is 256 g/mol. The van der Waals surface area contributed by atoms with Crippen molar-refractivity contribution in [2.75, 3.05) is 25.1 Å². The summed E-state index contributed by atoms with van der Waals surface area (Å²) in [5.41, 5.74) is -0.267. The van der Waals surface area contributed by atoms with Gasteiger partial charge < -0.3 is 15.7 Å². The van der Waals surface area contributed by atoms with Gasteiger partial charge in [0, 0.05) is 35.9 Å². The summed E-state index contributed by atoms with van der Waals surface area (Å²) in [6.07, 6.45) is 4.39. The maximum atomic E-state index is 11.4. The van der Waals surface area contributed by atoms with Crippen molar-refractivity contribution in [2.24, 2.45) is 5.41 Å². The molecule has 7 heteroatoms. The van der Waals surface area contributed by atoms with Crippen LogP contribution >= 0.6 is 0 Å². The maximum Gasteiger partial charge on any atom is 0.314 e. The van der Waals surface area contributed by atoms with Gasteiger partial charge in [0.2, 0.25) is 0 Å². The van der Waals surface area contributed by atoms with Crippen molar-refractivity contribution in [3.63, 3.8) is 0 Å². The van der Waals surface area contributed by atoms with Crippen molar-refractivity contribution in [1.29, 1.82) is 0 Å². The molecule has 1 aliphatic carbocycles. The van der Waals surface area contributed by atoms with Gasteiger partial charge in [-0.2, -0.15) is 0 Å². The zero-order chi connectivity index (χ0) is 13.6. The number of hydrogen-bond donors (Lipinski definition) is 3. The van der Waals surface area contributed by atoms with Crippen LogP contribution in [-0.2, 0) is 15.6 Å². The van der Waals surface area contributed by atoms with E-state index in [1.54, 1.807) is 6.26 Å². The molecule has 1 fully saturated rings. The van der Waals surface area contributed by atoms with Gasteiger partial charge in [-0.05, 0) is 18.3 Å². The molecular formula is C11H20N2O4S. The molecule has 0 bridgehead atoms. The van der Waals surface area contributed by atoms with Gasteiger partial charge in [-0.1, -0.05) is 6.42 Å². The van der Waals surface area contributed by atoms with E-state index in [4.69, 9.17) is 5.11 Å². The van der Waals surface area contributed by atoms with Crippen LogP contribution in [0.4, 0.5) is 4.79 Å². The minimum absolute atomic E-state index is 0.103. The monoisotopic (exact) mass is 276 g/mol. The molecule has 0 aromatic carbocycles. The third-order valence-corrected chi connectivity index (χ3v) is 4.02. The summed E-state index contributed by atoms with van der Waals surface area (Å²) in [6.45, 7) is 0.751. The largest absolute Gasteiger partial charge is 0.481 e. The van der Waals surface area contributed by atoms with Gasteiger partial charge in [0.05, 0.1) is 6.42 Å². The number of rotatable bonds is 7. The van der Waals surface area contributed by atoms with E-state index in [0.29, 0.717) is 18.8 Å². The van der Waals surface area contributed by atoms with E-state index in [0.717, 1.165) is 19.3 Å². The third-order valence-electron chi connectivity index (χ3n) is 3.24. The lowest BCUT2D eigenvalue weighted by Gasteiger charge is -2.40. The van der Waals surface area contributed by atoms with Crippen LogP contribution in [0.1, 0.15) is 25.7 Å². The lowest BCUT2D eigenvalue weighted by Crippen LogP contribution is -2.47. The van der Waals surface area contributed by atoms with E-state index in [1.165, 1.54) is 0 Å². The van der Waals surface area contributed by atoms with E-state index in [9.17, 15) is 13.8 Å². The molecule has 0 aromatic rings. The lowest BCUT2D eigenvalue weighted by atomic mass is 9.66. The van der Waals surface area contributed by atoms with Crippen LogP contribution in [-0.4, -0.2) is 46.4 Å². The second kappa shape index (κ2) is 6.72. The molecule has 18 heavy (non-hydrogen) atoms. The van der Waals surface area contributed by atoms with Crippen molar-refractivity contribution >= 4 is 22.8 Å². The standard InChI is InChI=1S/C11H20N2O4S/c1-18(17)6-5-12-10(16)13-8-11(3-2-4-11)7-9(14)15/h2-8H2,1H3,(H,14,15)(H2,12,13,16). The van der Waals surface area contributed by atoms with Gasteiger partial charge in [0.25, 0.3) is 0 Å². The van der Waals surface area contributed by atoms with Crippen molar-refractivity contribution in [3.05, 3.63) is 0 Å². The molecule has 1 rings (SSSR count). The molecule has 2 amide bonds. The fourth-order valence-electron chi connectivity index (χ4n) is 2.05. The molecule has 3 N–H and O–H groups in total. The minimum Gasteiger partial charge on any atom is -0.481 e. The van der Waals surface area contributed by atoms with E-state index < -0.39 is 16.8 Å². The Hall–Kier alpha value is -1.11. The number of carbonyl (C=O) groups excluding carboxylic acids is 1. The predicted molar refractivity (Wildman–Crippen MR) is 68.9 cm³/mol. The Morgan fingerprint density at radius 3 is 2.44 bits per heavy atom. The molecule has 1 aliphatic rings. The zero-order valence-electron chi connectivity index (χ0n) is 10.5. The van der Waals surface area contributed by atoms with Crippen molar-refractivity contribution in [3.8, 4) is 0 Å². The first-order chi connectivity index (χ1) is 8.43. The van der Waals surface area contributed by atoms with Crippen LogP contribution < -0.4 is 10.6 Å². The smallest absolute Gasteiger partial charge is 0.314 e. The van der Waals surface area contributed by atoms with Crippen LogP contribution in [0.15, 0.2) is 0 Å². The highest BCUT2D eigenvalue weighted by molar-refractivity contribution is 7.84. The molecule has 0 spiro atoms.